The van der Waals surface area contributed by atoms with E-state index in [1.165, 1.54) is 6.33 Å². The van der Waals surface area contributed by atoms with Crippen LogP contribution in [0.1, 0.15) is 18.7 Å². The van der Waals surface area contributed by atoms with Gasteiger partial charge in [0, 0.05) is 12.2 Å². The zero-order valence-electron chi connectivity index (χ0n) is 5.69. The van der Waals surface area contributed by atoms with Crippen LogP contribution in [0.2, 0.25) is 0 Å². The molecule has 0 bridgehead atoms. The molecule has 1 rings (SSSR count). The Morgan fingerprint density at radius 3 is 2.60 bits per heavy atom. The van der Waals surface area contributed by atoms with Crippen LogP contribution in [0.3, 0.4) is 0 Å². The molecular formula is C6H10ClN3. The lowest BCUT2D eigenvalue weighted by Crippen LogP contribution is -2.06. The van der Waals surface area contributed by atoms with Crippen LogP contribution in [-0.4, -0.2) is 9.97 Å². The van der Waals surface area contributed by atoms with Gasteiger partial charge in [-0.05, 0) is 13.0 Å². The third kappa shape index (κ3) is 2.29. The predicted molar refractivity (Wildman–Crippen MR) is 41.9 cm³/mol. The van der Waals surface area contributed by atoms with Gasteiger partial charge in [-0.15, -0.1) is 12.4 Å². The zero-order chi connectivity index (χ0) is 6.69. The van der Waals surface area contributed by atoms with E-state index in [2.05, 4.69) is 9.97 Å². The van der Waals surface area contributed by atoms with E-state index in [9.17, 15) is 0 Å². The summed E-state index contributed by atoms with van der Waals surface area (Å²) in [5.74, 6) is 0. The molecule has 4 heteroatoms. The Labute approximate surface area is 66.1 Å². The Morgan fingerprint density at radius 2 is 2.30 bits per heavy atom. The highest BCUT2D eigenvalue weighted by Gasteiger charge is 1.96. The summed E-state index contributed by atoms with van der Waals surface area (Å²) in [6, 6.07) is 1.82. The van der Waals surface area contributed by atoms with Crippen LogP contribution in [0.5, 0.6) is 0 Å². The highest BCUT2D eigenvalue weighted by Crippen LogP contribution is 2.00. The number of hydrogen-bond donors (Lipinski definition) is 1. The summed E-state index contributed by atoms with van der Waals surface area (Å²) in [6.45, 7) is 1.89. The summed E-state index contributed by atoms with van der Waals surface area (Å²) in [6.07, 6.45) is 3.18. The van der Waals surface area contributed by atoms with E-state index in [0.29, 0.717) is 0 Å². The Balaban J connectivity index is 0.000000810. The average molecular weight is 160 g/mol. The topological polar surface area (TPSA) is 51.8 Å². The first-order valence-corrected chi connectivity index (χ1v) is 2.82. The molecule has 1 aromatic rings. The van der Waals surface area contributed by atoms with E-state index >= 15 is 0 Å². The summed E-state index contributed by atoms with van der Waals surface area (Å²) in [5, 5.41) is 0. The maximum Gasteiger partial charge on any atom is 0.115 e. The number of rotatable bonds is 1. The molecule has 0 aliphatic carbocycles. The first kappa shape index (κ1) is 9.33. The van der Waals surface area contributed by atoms with Gasteiger partial charge in [0.2, 0.25) is 0 Å². The van der Waals surface area contributed by atoms with Crippen LogP contribution in [0, 0.1) is 0 Å². The summed E-state index contributed by atoms with van der Waals surface area (Å²) in [4.78, 5) is 7.70. The van der Waals surface area contributed by atoms with E-state index in [1.807, 2.05) is 13.0 Å². The highest BCUT2D eigenvalue weighted by molar-refractivity contribution is 5.85. The van der Waals surface area contributed by atoms with Crippen LogP contribution in [0.15, 0.2) is 18.6 Å². The van der Waals surface area contributed by atoms with Gasteiger partial charge >= 0.3 is 0 Å². The maximum atomic E-state index is 5.52. The van der Waals surface area contributed by atoms with Gasteiger partial charge in [-0.25, -0.2) is 9.97 Å². The third-order valence-corrected chi connectivity index (χ3v) is 1.07. The second-order valence-corrected chi connectivity index (χ2v) is 1.92. The van der Waals surface area contributed by atoms with Crippen LogP contribution < -0.4 is 5.73 Å². The minimum atomic E-state index is 0. The summed E-state index contributed by atoms with van der Waals surface area (Å²) in [5.41, 5.74) is 6.40. The summed E-state index contributed by atoms with van der Waals surface area (Å²) < 4.78 is 0. The largest absolute Gasteiger partial charge is 0.323 e. The Morgan fingerprint density at radius 1 is 1.60 bits per heavy atom. The monoisotopic (exact) mass is 159 g/mol. The molecule has 0 amide bonds. The number of nitrogens with two attached hydrogens (primary N) is 1. The fourth-order valence-electron chi connectivity index (χ4n) is 0.570. The molecule has 0 spiro atoms. The number of hydrogen-bond acceptors (Lipinski definition) is 3. The van der Waals surface area contributed by atoms with Crippen LogP contribution >= 0.6 is 12.4 Å². The lowest BCUT2D eigenvalue weighted by Gasteiger charge is -2.00. The van der Waals surface area contributed by atoms with Gasteiger partial charge in [0.25, 0.3) is 0 Å². The quantitative estimate of drug-likeness (QED) is 0.663. The molecule has 10 heavy (non-hydrogen) atoms. The van der Waals surface area contributed by atoms with E-state index in [1.54, 1.807) is 6.20 Å². The van der Waals surface area contributed by atoms with Crippen molar-refractivity contribution in [2.45, 2.75) is 13.0 Å². The minimum absolute atomic E-state index is 0. The molecular weight excluding hydrogens is 150 g/mol. The third-order valence-electron chi connectivity index (χ3n) is 1.07. The van der Waals surface area contributed by atoms with Crippen LogP contribution in [0.25, 0.3) is 0 Å². The molecule has 0 aliphatic rings. The van der Waals surface area contributed by atoms with Gasteiger partial charge in [0.1, 0.15) is 6.33 Å². The van der Waals surface area contributed by atoms with Crippen molar-refractivity contribution < 1.29 is 0 Å². The SMILES string of the molecule is C[C@H](N)c1ccncn1.Cl. The molecule has 0 fully saturated rings. The molecule has 56 valence electrons. The normalized spacial score (nSPS) is 11.8. The van der Waals surface area contributed by atoms with Crippen molar-refractivity contribution in [1.29, 1.82) is 0 Å². The van der Waals surface area contributed by atoms with Gasteiger partial charge in [-0.3, -0.25) is 0 Å². The number of halogens is 1. The van der Waals surface area contributed by atoms with Crippen molar-refractivity contribution in [2.75, 3.05) is 0 Å². The van der Waals surface area contributed by atoms with Crippen molar-refractivity contribution in [1.82, 2.24) is 9.97 Å². The summed E-state index contributed by atoms with van der Waals surface area (Å²) in [7, 11) is 0. The molecule has 0 radical (unpaired) electrons. The molecule has 0 aliphatic heterocycles. The average Bonchev–Trinajstić information content (AvgIpc) is 1.90. The molecule has 0 saturated carbocycles. The van der Waals surface area contributed by atoms with Crippen molar-refractivity contribution in [3.8, 4) is 0 Å². The van der Waals surface area contributed by atoms with Crippen molar-refractivity contribution in [2.24, 2.45) is 5.73 Å². The lowest BCUT2D eigenvalue weighted by atomic mass is 10.2. The zero-order valence-corrected chi connectivity index (χ0v) is 6.51. The molecule has 2 N–H and O–H groups in total. The van der Waals surface area contributed by atoms with E-state index in [0.717, 1.165) is 5.69 Å². The first-order chi connectivity index (χ1) is 4.30. The van der Waals surface area contributed by atoms with Crippen LogP contribution in [-0.2, 0) is 0 Å². The second kappa shape index (κ2) is 4.19. The Bertz CT molecular complexity index is 176. The number of aromatic nitrogens is 2. The molecule has 0 aromatic carbocycles. The maximum absolute atomic E-state index is 5.52. The number of nitrogens with zero attached hydrogens (tertiary/aromatic N) is 2. The molecule has 3 nitrogen and oxygen atoms in total. The molecule has 1 aromatic heterocycles. The summed E-state index contributed by atoms with van der Waals surface area (Å²) >= 11 is 0. The Kier molecular flexibility index (Phi) is 3.91. The standard InChI is InChI=1S/C6H9N3.ClH/c1-5(7)6-2-3-8-4-9-6;/h2-5H,7H2,1H3;1H/t5-;/m0./s1. The van der Waals surface area contributed by atoms with E-state index in [4.69, 9.17) is 5.73 Å². The smallest absolute Gasteiger partial charge is 0.115 e. The van der Waals surface area contributed by atoms with Crippen molar-refractivity contribution in [3.63, 3.8) is 0 Å². The molecule has 0 unspecified atom stereocenters. The van der Waals surface area contributed by atoms with Gasteiger partial charge in [0.15, 0.2) is 0 Å². The first-order valence-electron chi connectivity index (χ1n) is 2.82. The van der Waals surface area contributed by atoms with Crippen molar-refractivity contribution in [3.05, 3.63) is 24.3 Å². The molecule has 0 saturated heterocycles. The second-order valence-electron chi connectivity index (χ2n) is 1.92. The predicted octanol–water partition coefficient (Wildman–Crippen LogP) is 0.918. The fourth-order valence-corrected chi connectivity index (χ4v) is 0.570. The van der Waals surface area contributed by atoms with Gasteiger partial charge < -0.3 is 5.73 Å². The van der Waals surface area contributed by atoms with E-state index in [-0.39, 0.29) is 18.4 Å². The van der Waals surface area contributed by atoms with Crippen molar-refractivity contribution >= 4 is 12.4 Å². The van der Waals surface area contributed by atoms with Gasteiger partial charge in [-0.2, -0.15) is 0 Å². The van der Waals surface area contributed by atoms with E-state index < -0.39 is 0 Å². The van der Waals surface area contributed by atoms with Crippen LogP contribution in [0.4, 0.5) is 0 Å². The van der Waals surface area contributed by atoms with Gasteiger partial charge in [0.05, 0.1) is 5.69 Å². The minimum Gasteiger partial charge on any atom is -0.323 e. The molecule has 1 heterocycles. The van der Waals surface area contributed by atoms with Gasteiger partial charge in [-0.1, -0.05) is 0 Å². The fraction of sp³-hybridized carbons (Fsp3) is 0.333. The Hall–Kier alpha value is -0.670. The lowest BCUT2D eigenvalue weighted by molar-refractivity contribution is 0.774. The molecule has 1 atom stereocenters. The highest BCUT2D eigenvalue weighted by atomic mass is 35.5.